The van der Waals surface area contributed by atoms with Crippen LogP contribution in [0.15, 0.2) is 104 Å². The highest BCUT2D eigenvalue weighted by molar-refractivity contribution is 7.80. The quantitative estimate of drug-likeness (QED) is 0.136. The van der Waals surface area contributed by atoms with Gasteiger partial charge in [0.15, 0.2) is 5.11 Å². The van der Waals surface area contributed by atoms with Crippen LogP contribution >= 0.6 is 23.8 Å². The maximum atomic E-state index is 13.6. The molecule has 0 aliphatic heterocycles. The van der Waals surface area contributed by atoms with Gasteiger partial charge in [-0.3, -0.25) is 4.79 Å². The summed E-state index contributed by atoms with van der Waals surface area (Å²) in [6.45, 7) is 5.93. The molecule has 0 radical (unpaired) electrons. The molecule has 5 aromatic rings. The van der Waals surface area contributed by atoms with Crippen LogP contribution in [0.2, 0.25) is 5.02 Å². The van der Waals surface area contributed by atoms with Gasteiger partial charge in [0.2, 0.25) is 5.91 Å². The van der Waals surface area contributed by atoms with Gasteiger partial charge in [-0.15, -0.1) is 0 Å². The van der Waals surface area contributed by atoms with E-state index in [1.165, 1.54) is 5.39 Å². The van der Waals surface area contributed by atoms with E-state index in [4.69, 9.17) is 29.1 Å². The number of nitrogens with zero attached hydrogens (tertiary/aromatic N) is 4. The third-order valence-electron chi connectivity index (χ3n) is 8.27. The lowest BCUT2D eigenvalue weighted by Crippen LogP contribution is -2.50. The molecule has 0 aliphatic rings. The molecule has 0 bridgehead atoms. The molecule has 1 heterocycles. The number of carbonyl (C=O) groups is 1. The van der Waals surface area contributed by atoms with Crippen LogP contribution in [0.25, 0.3) is 10.8 Å². The average molecular weight is 649 g/mol. The van der Waals surface area contributed by atoms with Crippen LogP contribution in [0.3, 0.4) is 0 Å². The minimum Gasteiger partial charge on any atom is -0.351 e. The van der Waals surface area contributed by atoms with E-state index in [-0.39, 0.29) is 24.3 Å². The van der Waals surface area contributed by atoms with Gasteiger partial charge in [-0.1, -0.05) is 92.5 Å². The number of thiocarbonyl (C=S) groups is 1. The Bertz CT molecular complexity index is 1840. The number of aromatic nitrogens is 2. The van der Waals surface area contributed by atoms with Crippen molar-refractivity contribution in [3.05, 3.63) is 131 Å². The summed E-state index contributed by atoms with van der Waals surface area (Å²) in [5, 5.41) is 19.3. The lowest BCUT2D eigenvalue weighted by Gasteiger charge is -2.33. The number of halogens is 1. The summed E-state index contributed by atoms with van der Waals surface area (Å²) in [7, 11) is 0. The topological polar surface area (TPSA) is 86.0 Å². The molecule has 0 spiro atoms. The lowest BCUT2D eigenvalue weighted by atomic mass is 9.97. The van der Waals surface area contributed by atoms with E-state index in [9.17, 15) is 4.79 Å². The Morgan fingerprint density at radius 2 is 1.83 bits per heavy atom. The van der Waals surface area contributed by atoms with E-state index in [2.05, 4.69) is 70.8 Å². The molecule has 1 amide bonds. The van der Waals surface area contributed by atoms with Gasteiger partial charge in [0.25, 0.3) is 0 Å². The molecule has 46 heavy (non-hydrogen) atoms. The Kier molecular flexibility index (Phi) is 11.0. The summed E-state index contributed by atoms with van der Waals surface area (Å²) >= 11 is 12.3. The first-order valence-corrected chi connectivity index (χ1v) is 16.2. The second-order valence-corrected chi connectivity index (χ2v) is 12.3. The Hall–Kier alpha value is -4.71. The fourth-order valence-electron chi connectivity index (χ4n) is 5.46. The number of fused-ring (bicyclic) bond motifs is 1. The summed E-state index contributed by atoms with van der Waals surface area (Å²) in [6, 6.07) is 31.6. The monoisotopic (exact) mass is 648 g/mol. The first-order chi connectivity index (χ1) is 22.3. The Morgan fingerprint density at radius 1 is 1.07 bits per heavy atom. The molecular weight excluding hydrogens is 612 g/mol. The Balaban J connectivity index is 1.35. The van der Waals surface area contributed by atoms with Gasteiger partial charge < -0.3 is 20.1 Å². The van der Waals surface area contributed by atoms with E-state index in [0.29, 0.717) is 35.3 Å². The van der Waals surface area contributed by atoms with Crippen molar-refractivity contribution in [2.24, 2.45) is 5.92 Å². The van der Waals surface area contributed by atoms with E-state index in [0.717, 1.165) is 34.3 Å². The normalized spacial score (nSPS) is 12.2. The summed E-state index contributed by atoms with van der Waals surface area (Å²) in [6.07, 6.45) is 4.55. The first kappa shape index (κ1) is 32.7. The van der Waals surface area contributed by atoms with Crippen molar-refractivity contribution in [2.75, 3.05) is 11.9 Å². The number of benzene rings is 4. The van der Waals surface area contributed by atoms with Crippen LogP contribution in [0.5, 0.6) is 0 Å². The number of nitriles is 1. The zero-order valence-electron chi connectivity index (χ0n) is 26.0. The number of carbonyl (C=O) groups excluding carboxylic acids is 1. The van der Waals surface area contributed by atoms with Crippen molar-refractivity contribution in [1.29, 1.82) is 5.26 Å². The minimum absolute atomic E-state index is 0.0780. The molecule has 2 atom stereocenters. The van der Waals surface area contributed by atoms with Crippen molar-refractivity contribution >= 4 is 51.3 Å². The molecule has 0 saturated heterocycles. The highest BCUT2D eigenvalue weighted by Crippen LogP contribution is 2.23. The number of imidazole rings is 1. The summed E-state index contributed by atoms with van der Waals surface area (Å²) in [5.41, 5.74) is 4.41. The molecule has 0 fully saturated rings. The maximum Gasteiger partial charge on any atom is 0.226 e. The smallest absolute Gasteiger partial charge is 0.226 e. The van der Waals surface area contributed by atoms with E-state index in [1.807, 2.05) is 53.1 Å². The average Bonchev–Trinajstić information content (AvgIpc) is 3.49. The van der Waals surface area contributed by atoms with E-state index < -0.39 is 0 Å². The van der Waals surface area contributed by atoms with E-state index >= 15 is 0 Å². The second kappa shape index (κ2) is 15.5. The van der Waals surface area contributed by atoms with Gasteiger partial charge in [-0.05, 0) is 70.4 Å². The van der Waals surface area contributed by atoms with Gasteiger partial charge in [0, 0.05) is 48.3 Å². The first-order valence-electron chi connectivity index (χ1n) is 15.4. The lowest BCUT2D eigenvalue weighted by molar-refractivity contribution is -0.121. The molecule has 9 heteroatoms. The van der Waals surface area contributed by atoms with Crippen molar-refractivity contribution in [1.82, 2.24) is 19.8 Å². The van der Waals surface area contributed by atoms with Crippen molar-refractivity contribution in [3.8, 4) is 6.07 Å². The second-order valence-electron chi connectivity index (χ2n) is 11.5. The molecule has 2 N–H and O–H groups in total. The highest BCUT2D eigenvalue weighted by atomic mass is 35.5. The molecule has 5 rings (SSSR count). The van der Waals surface area contributed by atoms with Gasteiger partial charge in [-0.25, -0.2) is 4.98 Å². The Labute approximate surface area is 280 Å². The number of hydrogen-bond donors (Lipinski definition) is 2. The SMILES string of the molecule is CC[C@H](C)[C@@H](CN(Cc1cccc2ccccc12)C(=S)Nc1cccc(Cl)c1)NC(=O)Cc1cncn1Cc1ccc(C#N)cc1. The number of rotatable bonds is 12. The number of amides is 1. The number of nitrogens with one attached hydrogen (secondary N) is 2. The molecule has 7 nitrogen and oxygen atoms in total. The largest absolute Gasteiger partial charge is 0.351 e. The van der Waals surface area contributed by atoms with Crippen LogP contribution in [-0.4, -0.2) is 38.1 Å². The fraction of sp³-hybridized carbons (Fsp3) is 0.243. The van der Waals surface area contributed by atoms with Crippen LogP contribution in [0, 0.1) is 17.2 Å². The van der Waals surface area contributed by atoms with Crippen molar-refractivity contribution < 1.29 is 4.79 Å². The molecule has 4 aromatic carbocycles. The highest BCUT2D eigenvalue weighted by Gasteiger charge is 2.24. The predicted octanol–water partition coefficient (Wildman–Crippen LogP) is 7.58. The van der Waals surface area contributed by atoms with Gasteiger partial charge in [0.1, 0.15) is 0 Å². The molecule has 0 unspecified atom stereocenters. The van der Waals surface area contributed by atoms with Crippen LogP contribution < -0.4 is 10.6 Å². The minimum atomic E-state index is -0.165. The van der Waals surface area contributed by atoms with Crippen LogP contribution in [0.4, 0.5) is 5.69 Å². The molecule has 234 valence electrons. The van der Waals surface area contributed by atoms with Crippen LogP contribution in [0.1, 0.15) is 42.7 Å². The number of hydrogen-bond acceptors (Lipinski definition) is 4. The molecular formula is C37H37ClN6OS. The third-order valence-corrected chi connectivity index (χ3v) is 8.87. The fourth-order valence-corrected chi connectivity index (χ4v) is 5.90. The maximum absolute atomic E-state index is 13.6. The van der Waals surface area contributed by atoms with Crippen LogP contribution in [-0.2, 0) is 24.3 Å². The zero-order chi connectivity index (χ0) is 32.5. The predicted molar refractivity (Wildman–Crippen MR) is 190 cm³/mol. The van der Waals surface area contributed by atoms with Crippen molar-refractivity contribution in [2.45, 2.75) is 45.8 Å². The van der Waals surface area contributed by atoms with Gasteiger partial charge in [0.05, 0.1) is 24.4 Å². The molecule has 1 aromatic heterocycles. The third kappa shape index (κ3) is 8.51. The molecule has 0 aliphatic carbocycles. The summed E-state index contributed by atoms with van der Waals surface area (Å²) in [5.74, 6) is 0.113. The van der Waals surface area contributed by atoms with E-state index in [1.54, 1.807) is 24.7 Å². The van der Waals surface area contributed by atoms with Gasteiger partial charge in [-0.2, -0.15) is 5.26 Å². The van der Waals surface area contributed by atoms with Crippen molar-refractivity contribution in [3.63, 3.8) is 0 Å². The zero-order valence-corrected chi connectivity index (χ0v) is 27.6. The number of anilines is 1. The summed E-state index contributed by atoms with van der Waals surface area (Å²) < 4.78 is 1.97. The van der Waals surface area contributed by atoms with Gasteiger partial charge >= 0.3 is 0 Å². The summed E-state index contributed by atoms with van der Waals surface area (Å²) in [4.78, 5) is 20.0. The standard InChI is InChI=1S/C37H37ClN6OS/c1-3-26(2)35(42-36(45)19-33-21-40-25-44(33)22-28-16-14-27(20-39)15-17-28)24-43(37(46)41-32-12-7-11-31(38)18-32)23-30-10-6-9-29-8-4-5-13-34(29)30/h4-18,21,25-26,35H,3,19,22-24H2,1-2H3,(H,41,46)(H,42,45)/t26-,35+/m0/s1. The Morgan fingerprint density at radius 3 is 2.59 bits per heavy atom. The molecule has 0 saturated carbocycles.